The Morgan fingerprint density at radius 2 is 2.17 bits per heavy atom. The van der Waals surface area contributed by atoms with E-state index in [0.29, 0.717) is 11.4 Å². The minimum absolute atomic E-state index is 0.0853. The normalized spacial score (nSPS) is 10.1. The Labute approximate surface area is 106 Å². The van der Waals surface area contributed by atoms with Crippen LogP contribution in [0.15, 0.2) is 42.6 Å². The average molecular weight is 241 g/mol. The van der Waals surface area contributed by atoms with Crippen LogP contribution >= 0.6 is 0 Å². The van der Waals surface area contributed by atoms with E-state index < -0.39 is 0 Å². The summed E-state index contributed by atoms with van der Waals surface area (Å²) in [5.74, 6) is -0.0853. The van der Waals surface area contributed by atoms with Crippen molar-refractivity contribution in [3.05, 3.63) is 53.9 Å². The predicted molar refractivity (Wildman–Crippen MR) is 72.2 cm³/mol. The van der Waals surface area contributed by atoms with E-state index in [0.717, 1.165) is 11.3 Å². The standard InChI is InChI=1S/C14H15N3O/c1-10-3-2-4-13(7-10)17-14(18)8-12-6-5-11(15)9-16-12/h2-7,9H,8,15H2,1H3,(H,17,18). The second-order valence-electron chi connectivity index (χ2n) is 4.18. The fraction of sp³-hybridized carbons (Fsp3) is 0.143. The van der Waals surface area contributed by atoms with Gasteiger partial charge in [0.2, 0.25) is 5.91 Å². The van der Waals surface area contributed by atoms with Crippen LogP contribution in [-0.2, 0) is 11.2 Å². The minimum atomic E-state index is -0.0853. The number of hydrogen-bond acceptors (Lipinski definition) is 3. The van der Waals surface area contributed by atoms with Crippen molar-refractivity contribution in [3.8, 4) is 0 Å². The van der Waals surface area contributed by atoms with Crippen LogP contribution in [0.25, 0.3) is 0 Å². The van der Waals surface area contributed by atoms with Gasteiger partial charge in [-0.3, -0.25) is 9.78 Å². The van der Waals surface area contributed by atoms with Crippen molar-refractivity contribution in [1.82, 2.24) is 4.98 Å². The lowest BCUT2D eigenvalue weighted by Crippen LogP contribution is -2.15. The molecule has 0 unspecified atom stereocenters. The van der Waals surface area contributed by atoms with E-state index in [2.05, 4.69) is 10.3 Å². The second-order valence-corrected chi connectivity index (χ2v) is 4.18. The van der Waals surface area contributed by atoms with E-state index in [4.69, 9.17) is 5.73 Å². The first-order chi connectivity index (χ1) is 8.63. The van der Waals surface area contributed by atoms with Gasteiger partial charge in [0.05, 0.1) is 18.3 Å². The van der Waals surface area contributed by atoms with Crippen molar-refractivity contribution < 1.29 is 4.79 Å². The van der Waals surface area contributed by atoms with Crippen LogP contribution in [0.4, 0.5) is 11.4 Å². The first-order valence-corrected chi connectivity index (χ1v) is 5.70. The maximum atomic E-state index is 11.8. The molecular weight excluding hydrogens is 226 g/mol. The Balaban J connectivity index is 1.98. The van der Waals surface area contributed by atoms with Crippen molar-refractivity contribution in [2.45, 2.75) is 13.3 Å². The number of rotatable bonds is 3. The molecule has 1 aromatic carbocycles. The molecule has 0 saturated heterocycles. The lowest BCUT2D eigenvalue weighted by molar-refractivity contribution is -0.115. The average Bonchev–Trinajstić information content (AvgIpc) is 2.32. The number of nitrogen functional groups attached to an aromatic ring is 1. The van der Waals surface area contributed by atoms with Crippen LogP contribution in [0.1, 0.15) is 11.3 Å². The number of nitrogens with two attached hydrogens (primary N) is 1. The van der Waals surface area contributed by atoms with Crippen LogP contribution in [0.2, 0.25) is 0 Å². The van der Waals surface area contributed by atoms with E-state index in [1.165, 1.54) is 0 Å². The Morgan fingerprint density at radius 1 is 1.33 bits per heavy atom. The summed E-state index contributed by atoms with van der Waals surface area (Å²) in [5, 5.41) is 2.84. The quantitative estimate of drug-likeness (QED) is 0.865. The Hall–Kier alpha value is -2.36. The fourth-order valence-electron chi connectivity index (χ4n) is 1.63. The number of nitrogens with one attached hydrogen (secondary N) is 1. The van der Waals surface area contributed by atoms with Crippen molar-refractivity contribution in [1.29, 1.82) is 0 Å². The van der Waals surface area contributed by atoms with Gasteiger partial charge in [0.25, 0.3) is 0 Å². The number of benzene rings is 1. The molecule has 0 aliphatic heterocycles. The van der Waals surface area contributed by atoms with Crippen LogP contribution < -0.4 is 11.1 Å². The first kappa shape index (κ1) is 12.1. The molecule has 4 heteroatoms. The number of aryl methyl sites for hydroxylation is 1. The molecular formula is C14H15N3O. The third-order valence-corrected chi connectivity index (χ3v) is 2.49. The minimum Gasteiger partial charge on any atom is -0.397 e. The fourth-order valence-corrected chi connectivity index (χ4v) is 1.63. The summed E-state index contributed by atoms with van der Waals surface area (Å²) in [7, 11) is 0. The van der Waals surface area contributed by atoms with Gasteiger partial charge in [-0.15, -0.1) is 0 Å². The Kier molecular flexibility index (Phi) is 3.57. The van der Waals surface area contributed by atoms with E-state index in [-0.39, 0.29) is 12.3 Å². The van der Waals surface area contributed by atoms with Crippen molar-refractivity contribution in [2.75, 3.05) is 11.1 Å². The number of anilines is 2. The number of hydrogen-bond donors (Lipinski definition) is 2. The lowest BCUT2D eigenvalue weighted by Gasteiger charge is -2.05. The Bertz CT molecular complexity index is 549. The molecule has 0 aliphatic carbocycles. The molecule has 1 aromatic heterocycles. The lowest BCUT2D eigenvalue weighted by atomic mass is 10.2. The van der Waals surface area contributed by atoms with Crippen LogP contribution in [0.3, 0.4) is 0 Å². The molecule has 0 aliphatic rings. The van der Waals surface area contributed by atoms with E-state index in [9.17, 15) is 4.79 Å². The zero-order chi connectivity index (χ0) is 13.0. The Morgan fingerprint density at radius 3 is 2.83 bits per heavy atom. The van der Waals surface area contributed by atoms with Gasteiger partial charge in [-0.25, -0.2) is 0 Å². The summed E-state index contributed by atoms with van der Waals surface area (Å²) in [4.78, 5) is 15.9. The molecule has 0 fully saturated rings. The molecule has 4 nitrogen and oxygen atoms in total. The van der Waals surface area contributed by atoms with Gasteiger partial charge in [0.15, 0.2) is 0 Å². The summed E-state index contributed by atoms with van der Waals surface area (Å²) in [6.45, 7) is 1.98. The maximum Gasteiger partial charge on any atom is 0.230 e. The van der Waals surface area contributed by atoms with Crippen molar-refractivity contribution in [2.24, 2.45) is 0 Å². The highest BCUT2D eigenvalue weighted by Crippen LogP contribution is 2.10. The molecule has 0 saturated carbocycles. The topological polar surface area (TPSA) is 68.0 Å². The monoisotopic (exact) mass is 241 g/mol. The summed E-state index contributed by atoms with van der Waals surface area (Å²) in [5.41, 5.74) is 8.74. The molecule has 1 heterocycles. The number of aromatic nitrogens is 1. The number of carbonyl (C=O) groups is 1. The van der Waals surface area contributed by atoms with Crippen LogP contribution in [0, 0.1) is 6.92 Å². The number of nitrogens with zero attached hydrogens (tertiary/aromatic N) is 1. The molecule has 92 valence electrons. The number of carbonyl (C=O) groups excluding carboxylic acids is 1. The summed E-state index contributed by atoms with van der Waals surface area (Å²) >= 11 is 0. The predicted octanol–water partition coefficient (Wildman–Crippen LogP) is 2.15. The van der Waals surface area contributed by atoms with Gasteiger partial charge in [-0.2, -0.15) is 0 Å². The molecule has 0 radical (unpaired) electrons. The molecule has 3 N–H and O–H groups in total. The first-order valence-electron chi connectivity index (χ1n) is 5.70. The van der Waals surface area contributed by atoms with Crippen LogP contribution in [-0.4, -0.2) is 10.9 Å². The molecule has 2 aromatic rings. The van der Waals surface area contributed by atoms with Crippen molar-refractivity contribution >= 4 is 17.3 Å². The van der Waals surface area contributed by atoms with E-state index in [1.54, 1.807) is 18.3 Å². The molecule has 0 bridgehead atoms. The molecule has 1 amide bonds. The van der Waals surface area contributed by atoms with Gasteiger partial charge < -0.3 is 11.1 Å². The van der Waals surface area contributed by atoms with Gasteiger partial charge in [0, 0.05) is 11.4 Å². The third kappa shape index (κ3) is 3.31. The second kappa shape index (κ2) is 5.31. The van der Waals surface area contributed by atoms with Gasteiger partial charge in [-0.1, -0.05) is 12.1 Å². The zero-order valence-electron chi connectivity index (χ0n) is 10.2. The van der Waals surface area contributed by atoms with E-state index in [1.807, 2.05) is 31.2 Å². The summed E-state index contributed by atoms with van der Waals surface area (Å²) < 4.78 is 0. The van der Waals surface area contributed by atoms with Crippen LogP contribution in [0.5, 0.6) is 0 Å². The largest absolute Gasteiger partial charge is 0.397 e. The molecule has 0 spiro atoms. The van der Waals surface area contributed by atoms with Gasteiger partial charge >= 0.3 is 0 Å². The highest BCUT2D eigenvalue weighted by Gasteiger charge is 2.05. The number of pyridine rings is 1. The summed E-state index contributed by atoms with van der Waals surface area (Å²) in [6.07, 6.45) is 1.80. The highest BCUT2D eigenvalue weighted by molar-refractivity contribution is 5.92. The highest BCUT2D eigenvalue weighted by atomic mass is 16.1. The third-order valence-electron chi connectivity index (χ3n) is 2.49. The van der Waals surface area contributed by atoms with Gasteiger partial charge in [0.1, 0.15) is 0 Å². The molecule has 0 atom stereocenters. The molecule has 2 rings (SSSR count). The molecule has 18 heavy (non-hydrogen) atoms. The van der Waals surface area contributed by atoms with Crippen molar-refractivity contribution in [3.63, 3.8) is 0 Å². The summed E-state index contributed by atoms with van der Waals surface area (Å²) in [6, 6.07) is 11.2. The van der Waals surface area contributed by atoms with E-state index >= 15 is 0 Å². The zero-order valence-corrected chi connectivity index (χ0v) is 10.2. The maximum absolute atomic E-state index is 11.8. The smallest absolute Gasteiger partial charge is 0.230 e. The van der Waals surface area contributed by atoms with Gasteiger partial charge in [-0.05, 0) is 36.8 Å². The SMILES string of the molecule is Cc1cccc(NC(=O)Cc2ccc(N)cn2)c1. The number of amides is 1.